The van der Waals surface area contributed by atoms with Crippen LogP contribution >= 0.6 is 0 Å². The molecule has 2 N–H and O–H groups in total. The smallest absolute Gasteiger partial charge is 0.326 e. The first-order chi connectivity index (χ1) is 9.25. The number of aromatic nitrogens is 3. The molecule has 0 radical (unpaired) electrons. The van der Waals surface area contributed by atoms with E-state index < -0.39 is 11.9 Å². The summed E-state index contributed by atoms with van der Waals surface area (Å²) in [5.74, 6) is 0.135. The van der Waals surface area contributed by atoms with Crippen molar-refractivity contribution in [3.63, 3.8) is 0 Å². The normalized spacial score (nSPS) is 11.9. The highest BCUT2D eigenvalue weighted by Crippen LogP contribution is 2.29. The van der Waals surface area contributed by atoms with Crippen molar-refractivity contribution in [2.45, 2.75) is 33.5 Å². The number of rotatable bonds is 2. The zero-order chi connectivity index (χ0) is 15.1. The zero-order valence-electron chi connectivity index (χ0n) is 11.4. The van der Waals surface area contributed by atoms with E-state index in [-0.39, 0.29) is 12.4 Å². The molecule has 2 aromatic rings. The third kappa shape index (κ3) is 2.40. The molecule has 0 spiro atoms. The van der Waals surface area contributed by atoms with Gasteiger partial charge < -0.3 is 5.73 Å². The third-order valence-electron chi connectivity index (χ3n) is 3.32. The molecular weight excluding hydrogens is 269 g/mol. The average Bonchev–Trinajstić information content (AvgIpc) is 2.64. The lowest BCUT2D eigenvalue weighted by Gasteiger charge is -2.12. The number of aryl methyl sites for hydroxylation is 1. The lowest BCUT2D eigenvalue weighted by atomic mass is 10.2. The molecule has 0 aromatic carbocycles. The van der Waals surface area contributed by atoms with Crippen LogP contribution in [0.5, 0.6) is 0 Å². The number of alkyl halides is 3. The molecule has 20 heavy (non-hydrogen) atoms. The number of hydrogen-bond donors (Lipinski definition) is 1. The van der Waals surface area contributed by atoms with E-state index in [1.807, 2.05) is 6.92 Å². The first-order valence-corrected chi connectivity index (χ1v) is 6.06. The molecule has 0 aliphatic rings. The summed E-state index contributed by atoms with van der Waals surface area (Å²) in [4.78, 5) is 3.70. The molecule has 7 heteroatoms. The maximum absolute atomic E-state index is 12.8. The summed E-state index contributed by atoms with van der Waals surface area (Å²) in [7, 11) is 0. The van der Waals surface area contributed by atoms with Gasteiger partial charge in [-0.3, -0.25) is 0 Å². The summed E-state index contributed by atoms with van der Waals surface area (Å²) in [6.45, 7) is 5.55. The van der Waals surface area contributed by atoms with Crippen LogP contribution in [0.25, 0.3) is 5.82 Å². The maximum atomic E-state index is 12.8. The van der Waals surface area contributed by atoms with Crippen molar-refractivity contribution in [3.8, 4) is 5.82 Å². The largest absolute Gasteiger partial charge is 0.433 e. The fourth-order valence-electron chi connectivity index (χ4n) is 1.90. The van der Waals surface area contributed by atoms with Gasteiger partial charge in [0, 0.05) is 17.8 Å². The SMILES string of the molecule is Cc1nn(-c2nc(C(F)(F)F)ccc2CN)c(C)c1C. The van der Waals surface area contributed by atoms with E-state index in [2.05, 4.69) is 10.1 Å². The van der Waals surface area contributed by atoms with Crippen molar-refractivity contribution in [2.24, 2.45) is 5.73 Å². The number of hydrogen-bond acceptors (Lipinski definition) is 3. The molecule has 2 rings (SSSR count). The van der Waals surface area contributed by atoms with Crippen LogP contribution in [-0.2, 0) is 12.7 Å². The Morgan fingerprint density at radius 2 is 1.85 bits per heavy atom. The quantitative estimate of drug-likeness (QED) is 0.922. The van der Waals surface area contributed by atoms with Gasteiger partial charge >= 0.3 is 6.18 Å². The lowest BCUT2D eigenvalue weighted by Crippen LogP contribution is -2.15. The molecule has 0 saturated carbocycles. The van der Waals surface area contributed by atoms with E-state index in [9.17, 15) is 13.2 Å². The van der Waals surface area contributed by atoms with E-state index >= 15 is 0 Å². The van der Waals surface area contributed by atoms with Crippen LogP contribution in [0.3, 0.4) is 0 Å². The highest BCUT2D eigenvalue weighted by Gasteiger charge is 2.33. The first-order valence-electron chi connectivity index (χ1n) is 6.06. The van der Waals surface area contributed by atoms with Crippen molar-refractivity contribution >= 4 is 0 Å². The van der Waals surface area contributed by atoms with E-state index in [1.165, 1.54) is 10.7 Å². The number of nitrogens with two attached hydrogens (primary N) is 1. The number of halogens is 3. The molecule has 0 unspecified atom stereocenters. The van der Waals surface area contributed by atoms with Crippen LogP contribution in [0.4, 0.5) is 13.2 Å². The highest BCUT2D eigenvalue weighted by atomic mass is 19.4. The minimum atomic E-state index is -4.49. The van der Waals surface area contributed by atoms with Crippen molar-refractivity contribution in [1.29, 1.82) is 0 Å². The first kappa shape index (κ1) is 14.5. The van der Waals surface area contributed by atoms with Crippen LogP contribution in [0, 0.1) is 20.8 Å². The van der Waals surface area contributed by atoms with E-state index in [4.69, 9.17) is 5.73 Å². The Kier molecular flexibility index (Phi) is 3.56. The summed E-state index contributed by atoms with van der Waals surface area (Å²) in [5.41, 5.74) is 7.58. The van der Waals surface area contributed by atoms with Crippen LogP contribution in [0.2, 0.25) is 0 Å². The molecule has 0 aliphatic heterocycles. The Hall–Kier alpha value is -1.89. The van der Waals surface area contributed by atoms with Gasteiger partial charge in [-0.2, -0.15) is 18.3 Å². The van der Waals surface area contributed by atoms with Gasteiger partial charge in [0.25, 0.3) is 0 Å². The molecule has 0 aliphatic carbocycles. The predicted octanol–water partition coefficient (Wildman–Crippen LogP) is 2.67. The summed E-state index contributed by atoms with van der Waals surface area (Å²) in [5, 5.41) is 4.24. The van der Waals surface area contributed by atoms with Crippen LogP contribution < -0.4 is 5.73 Å². The molecule has 0 fully saturated rings. The Labute approximate surface area is 114 Å². The molecule has 2 heterocycles. The topological polar surface area (TPSA) is 56.7 Å². The fraction of sp³-hybridized carbons (Fsp3) is 0.385. The molecular formula is C13H15F3N4. The molecule has 0 bridgehead atoms. The fourth-order valence-corrected chi connectivity index (χ4v) is 1.90. The summed E-state index contributed by atoms with van der Waals surface area (Å²) in [6.07, 6.45) is -4.49. The van der Waals surface area contributed by atoms with Gasteiger partial charge in [0.15, 0.2) is 5.82 Å². The van der Waals surface area contributed by atoms with Gasteiger partial charge in [-0.15, -0.1) is 0 Å². The number of nitrogens with zero attached hydrogens (tertiary/aromatic N) is 3. The van der Waals surface area contributed by atoms with Gasteiger partial charge in [-0.05, 0) is 32.4 Å². The second kappa shape index (κ2) is 4.90. The summed E-state index contributed by atoms with van der Waals surface area (Å²) in [6, 6.07) is 2.28. The van der Waals surface area contributed by atoms with Crippen molar-refractivity contribution < 1.29 is 13.2 Å². The Bertz CT molecular complexity index is 644. The maximum Gasteiger partial charge on any atom is 0.433 e. The Balaban J connectivity index is 2.67. The van der Waals surface area contributed by atoms with E-state index in [0.29, 0.717) is 5.56 Å². The van der Waals surface area contributed by atoms with Gasteiger partial charge in [0.2, 0.25) is 0 Å². The third-order valence-corrected chi connectivity index (χ3v) is 3.32. The van der Waals surface area contributed by atoms with Gasteiger partial charge in [0.1, 0.15) is 5.69 Å². The molecule has 108 valence electrons. The van der Waals surface area contributed by atoms with Crippen molar-refractivity contribution in [1.82, 2.24) is 14.8 Å². The van der Waals surface area contributed by atoms with Crippen molar-refractivity contribution in [3.05, 3.63) is 40.3 Å². The van der Waals surface area contributed by atoms with Crippen LogP contribution in [-0.4, -0.2) is 14.8 Å². The Morgan fingerprint density at radius 3 is 2.30 bits per heavy atom. The zero-order valence-corrected chi connectivity index (χ0v) is 11.4. The second-order valence-electron chi connectivity index (χ2n) is 4.59. The van der Waals surface area contributed by atoms with Crippen LogP contribution in [0.1, 0.15) is 28.2 Å². The van der Waals surface area contributed by atoms with Gasteiger partial charge in [-0.25, -0.2) is 9.67 Å². The summed E-state index contributed by atoms with van der Waals surface area (Å²) < 4.78 is 39.8. The lowest BCUT2D eigenvalue weighted by molar-refractivity contribution is -0.141. The second-order valence-corrected chi connectivity index (χ2v) is 4.59. The van der Waals surface area contributed by atoms with E-state index in [0.717, 1.165) is 23.0 Å². The molecule has 0 amide bonds. The standard InChI is InChI=1S/C13H15F3N4/c1-7-8(2)19-20(9(7)3)12-10(6-17)4-5-11(18-12)13(14,15)16/h4-5H,6,17H2,1-3H3. The highest BCUT2D eigenvalue weighted by molar-refractivity contribution is 5.39. The predicted molar refractivity (Wildman–Crippen MR) is 68.5 cm³/mol. The number of pyridine rings is 1. The van der Waals surface area contributed by atoms with Gasteiger partial charge in [-0.1, -0.05) is 6.07 Å². The molecule has 0 saturated heterocycles. The van der Waals surface area contributed by atoms with Crippen LogP contribution in [0.15, 0.2) is 12.1 Å². The van der Waals surface area contributed by atoms with Crippen molar-refractivity contribution in [2.75, 3.05) is 0 Å². The molecule has 4 nitrogen and oxygen atoms in total. The minimum absolute atomic E-state index is 0.0951. The molecule has 0 atom stereocenters. The monoisotopic (exact) mass is 284 g/mol. The minimum Gasteiger partial charge on any atom is -0.326 e. The molecule has 2 aromatic heterocycles. The average molecular weight is 284 g/mol. The van der Waals surface area contributed by atoms with Gasteiger partial charge in [0.05, 0.1) is 5.69 Å². The van der Waals surface area contributed by atoms with E-state index in [1.54, 1.807) is 13.8 Å². The summed E-state index contributed by atoms with van der Waals surface area (Å²) >= 11 is 0. The Morgan fingerprint density at radius 1 is 1.20 bits per heavy atom.